The van der Waals surface area contributed by atoms with Crippen LogP contribution in [0.1, 0.15) is 42.9 Å². The van der Waals surface area contributed by atoms with Crippen LogP contribution in [0.4, 0.5) is 4.39 Å². The molecule has 0 saturated heterocycles. The first-order valence-corrected chi connectivity index (χ1v) is 11.7. The smallest absolute Gasteiger partial charge is 0.298 e. The molecule has 0 aromatic heterocycles. The van der Waals surface area contributed by atoms with Gasteiger partial charge in [-0.1, -0.05) is 48.2 Å². The third kappa shape index (κ3) is 10.4. The predicted molar refractivity (Wildman–Crippen MR) is 126 cm³/mol. The molecule has 2 aromatic carbocycles. The molecule has 0 spiro atoms. The molecule has 0 aliphatic rings. The van der Waals surface area contributed by atoms with Crippen molar-refractivity contribution in [1.29, 1.82) is 0 Å². The molecule has 0 bridgehead atoms. The second-order valence-electron chi connectivity index (χ2n) is 7.40. The van der Waals surface area contributed by atoms with Crippen molar-refractivity contribution in [3.63, 3.8) is 0 Å². The monoisotopic (exact) mass is 501 g/mol. The predicted octanol–water partition coefficient (Wildman–Crippen LogP) is 5.08. The molecule has 2 N–H and O–H groups in total. The summed E-state index contributed by atoms with van der Waals surface area (Å²) in [5, 5.41) is 14.5. The summed E-state index contributed by atoms with van der Waals surface area (Å²) in [6.07, 6.45) is 3.18. The highest BCUT2D eigenvalue weighted by Gasteiger charge is 2.11. The van der Waals surface area contributed by atoms with E-state index in [-0.39, 0.29) is 12.2 Å². The first kappa shape index (κ1) is 27.5. The summed E-state index contributed by atoms with van der Waals surface area (Å²) in [5.74, 6) is -0.843. The van der Waals surface area contributed by atoms with E-state index < -0.39 is 11.9 Å². The number of hydrogen-bond donors (Lipinski definition) is 2. The molecule has 0 fully saturated rings. The maximum atomic E-state index is 13.7. The number of halogens is 3. The van der Waals surface area contributed by atoms with Crippen molar-refractivity contribution < 1.29 is 28.5 Å². The lowest BCUT2D eigenvalue weighted by Crippen LogP contribution is -2.22. The maximum absolute atomic E-state index is 13.7. The molecule has 2 rings (SSSR count). The molecule has 1 atom stereocenters. The van der Waals surface area contributed by atoms with E-state index in [0.717, 1.165) is 37.8 Å². The number of aliphatic hydroxyl groups excluding tert-OH is 1. The van der Waals surface area contributed by atoms with Crippen LogP contribution < -0.4 is 10.1 Å². The Morgan fingerprint density at radius 3 is 2.45 bits per heavy atom. The van der Waals surface area contributed by atoms with Gasteiger partial charge in [0.25, 0.3) is 6.47 Å². The minimum absolute atomic E-state index is 0.160. The molecule has 1 unspecified atom stereocenters. The second-order valence-corrected chi connectivity index (χ2v) is 8.22. The summed E-state index contributed by atoms with van der Waals surface area (Å²) in [4.78, 5) is 10.3. The van der Waals surface area contributed by atoms with Crippen LogP contribution in [0.3, 0.4) is 0 Å². The highest BCUT2D eigenvalue weighted by atomic mass is 35.5. The van der Waals surface area contributed by atoms with Gasteiger partial charge >= 0.3 is 0 Å². The number of carbonyl (C=O) groups is 1. The quantitative estimate of drug-likeness (QED) is 0.232. The van der Waals surface area contributed by atoms with Crippen LogP contribution in [0.15, 0.2) is 36.4 Å². The van der Waals surface area contributed by atoms with Crippen LogP contribution in [0.25, 0.3) is 0 Å². The van der Waals surface area contributed by atoms with Crippen LogP contribution >= 0.6 is 23.2 Å². The summed E-state index contributed by atoms with van der Waals surface area (Å²) < 4.78 is 29.4. The zero-order valence-corrected chi connectivity index (χ0v) is 19.9. The fourth-order valence-electron chi connectivity index (χ4n) is 3.10. The molecular formula is C24H30Cl2FNO5. The Morgan fingerprint density at radius 1 is 1.00 bits per heavy atom. The lowest BCUT2D eigenvalue weighted by atomic mass is 10.1. The van der Waals surface area contributed by atoms with Gasteiger partial charge in [0.1, 0.15) is 0 Å². The summed E-state index contributed by atoms with van der Waals surface area (Å²) in [6, 6.07) is 9.40. The normalized spacial score (nSPS) is 12.0. The number of ether oxygens (including phenoxy) is 3. The van der Waals surface area contributed by atoms with Crippen molar-refractivity contribution in [1.82, 2.24) is 5.32 Å². The SMILES string of the molecule is O=COc1ccc(C(O)CNCCCCCCOCCOCc2c(Cl)cccc2Cl)cc1F. The Hall–Kier alpha value is -1.74. The van der Waals surface area contributed by atoms with Gasteiger partial charge in [-0.05, 0) is 49.2 Å². The number of hydrogen-bond acceptors (Lipinski definition) is 6. The third-order valence-corrected chi connectivity index (χ3v) is 5.63. The van der Waals surface area contributed by atoms with E-state index in [0.29, 0.717) is 48.6 Å². The summed E-state index contributed by atoms with van der Waals surface area (Å²) in [7, 11) is 0. The standard InChI is InChI=1S/C24H30Cl2FNO5/c25-20-6-5-7-21(26)19(20)16-32-13-12-31-11-4-2-1-3-10-28-15-23(30)18-8-9-24(33-17-29)22(27)14-18/h5-9,14,17,23,28,30H,1-4,10-13,15-16H2. The number of unbranched alkanes of at least 4 members (excludes halogenated alkanes) is 3. The van der Waals surface area contributed by atoms with Crippen molar-refractivity contribution in [3.05, 3.63) is 63.4 Å². The van der Waals surface area contributed by atoms with E-state index in [1.54, 1.807) is 18.2 Å². The maximum Gasteiger partial charge on any atom is 0.298 e. The summed E-state index contributed by atoms with van der Waals surface area (Å²) in [5.41, 5.74) is 1.21. The van der Waals surface area contributed by atoms with Crippen molar-refractivity contribution in [2.75, 3.05) is 32.9 Å². The van der Waals surface area contributed by atoms with E-state index in [1.165, 1.54) is 18.2 Å². The fraction of sp³-hybridized carbons (Fsp3) is 0.458. The van der Waals surface area contributed by atoms with Gasteiger partial charge in [-0.2, -0.15) is 0 Å². The van der Waals surface area contributed by atoms with Gasteiger partial charge in [0.15, 0.2) is 11.6 Å². The highest BCUT2D eigenvalue weighted by molar-refractivity contribution is 6.35. The average Bonchev–Trinajstić information content (AvgIpc) is 2.79. The van der Waals surface area contributed by atoms with Crippen molar-refractivity contribution in [2.45, 2.75) is 38.4 Å². The largest absolute Gasteiger partial charge is 0.426 e. The average molecular weight is 502 g/mol. The van der Waals surface area contributed by atoms with Crippen LogP contribution in [-0.4, -0.2) is 44.5 Å². The van der Waals surface area contributed by atoms with Gasteiger partial charge < -0.3 is 24.6 Å². The Kier molecular flexibility index (Phi) is 13.3. The molecule has 0 radical (unpaired) electrons. The van der Waals surface area contributed by atoms with E-state index >= 15 is 0 Å². The van der Waals surface area contributed by atoms with Crippen LogP contribution in [0, 0.1) is 5.82 Å². The van der Waals surface area contributed by atoms with Gasteiger partial charge in [0, 0.05) is 28.8 Å². The van der Waals surface area contributed by atoms with E-state index in [4.69, 9.17) is 32.7 Å². The van der Waals surface area contributed by atoms with Gasteiger partial charge in [-0.15, -0.1) is 0 Å². The van der Waals surface area contributed by atoms with E-state index in [9.17, 15) is 14.3 Å². The topological polar surface area (TPSA) is 77.0 Å². The van der Waals surface area contributed by atoms with E-state index in [1.807, 2.05) is 0 Å². The van der Waals surface area contributed by atoms with Crippen molar-refractivity contribution >= 4 is 29.7 Å². The Morgan fingerprint density at radius 2 is 1.73 bits per heavy atom. The molecule has 2 aromatic rings. The van der Waals surface area contributed by atoms with Gasteiger partial charge in [0.05, 0.1) is 25.9 Å². The minimum Gasteiger partial charge on any atom is -0.426 e. The van der Waals surface area contributed by atoms with E-state index in [2.05, 4.69) is 10.1 Å². The van der Waals surface area contributed by atoms with Gasteiger partial charge in [0.2, 0.25) is 0 Å². The number of benzene rings is 2. The molecule has 6 nitrogen and oxygen atoms in total. The molecule has 33 heavy (non-hydrogen) atoms. The minimum atomic E-state index is -0.839. The summed E-state index contributed by atoms with van der Waals surface area (Å²) >= 11 is 12.2. The Balaban J connectivity index is 1.42. The fourth-order valence-corrected chi connectivity index (χ4v) is 3.61. The number of carbonyl (C=O) groups excluding carboxylic acids is 1. The molecule has 0 amide bonds. The van der Waals surface area contributed by atoms with Gasteiger partial charge in [-0.25, -0.2) is 4.39 Å². The molecule has 182 valence electrons. The van der Waals surface area contributed by atoms with Crippen LogP contribution in [0.2, 0.25) is 10.0 Å². The third-order valence-electron chi connectivity index (χ3n) is 4.93. The molecule has 0 aliphatic heterocycles. The molecule has 0 heterocycles. The summed E-state index contributed by atoms with van der Waals surface area (Å²) in [6.45, 7) is 3.27. The zero-order chi connectivity index (χ0) is 23.9. The van der Waals surface area contributed by atoms with Crippen LogP contribution in [0.5, 0.6) is 5.75 Å². The molecular weight excluding hydrogens is 472 g/mol. The lowest BCUT2D eigenvalue weighted by Gasteiger charge is -2.13. The number of nitrogens with one attached hydrogen (secondary N) is 1. The molecule has 0 aliphatic carbocycles. The Labute approximate surface area is 203 Å². The molecule has 0 saturated carbocycles. The highest BCUT2D eigenvalue weighted by Crippen LogP contribution is 2.25. The molecule has 9 heteroatoms. The van der Waals surface area contributed by atoms with Crippen molar-refractivity contribution in [2.24, 2.45) is 0 Å². The second kappa shape index (κ2) is 16.0. The lowest BCUT2D eigenvalue weighted by molar-refractivity contribution is -0.120. The Bertz CT molecular complexity index is 835. The van der Waals surface area contributed by atoms with Gasteiger partial charge in [-0.3, -0.25) is 4.79 Å². The van der Waals surface area contributed by atoms with Crippen LogP contribution in [-0.2, 0) is 20.9 Å². The first-order chi connectivity index (χ1) is 16.0. The number of aliphatic hydroxyl groups is 1. The zero-order valence-electron chi connectivity index (χ0n) is 18.4. The number of rotatable bonds is 17. The van der Waals surface area contributed by atoms with Crippen molar-refractivity contribution in [3.8, 4) is 5.75 Å². The first-order valence-electron chi connectivity index (χ1n) is 10.9.